The van der Waals surface area contributed by atoms with Crippen LogP contribution in [-0.4, -0.2) is 40.6 Å². The van der Waals surface area contributed by atoms with Gasteiger partial charge in [-0.2, -0.15) is 5.10 Å². The molecule has 0 saturated carbocycles. The van der Waals surface area contributed by atoms with Crippen LogP contribution in [0.3, 0.4) is 0 Å². The van der Waals surface area contributed by atoms with Crippen LogP contribution >= 0.6 is 0 Å². The van der Waals surface area contributed by atoms with E-state index in [1.54, 1.807) is 6.20 Å². The van der Waals surface area contributed by atoms with E-state index in [1.165, 1.54) is 6.42 Å². The SMILES string of the molecule is NCCC1CCCN(C(=O)c2ccc3cn[nH]c3c2)C1. The lowest BCUT2D eigenvalue weighted by Gasteiger charge is -2.32. The highest BCUT2D eigenvalue weighted by Crippen LogP contribution is 2.22. The first-order valence-electron chi connectivity index (χ1n) is 7.20. The molecule has 0 spiro atoms. The molecule has 20 heavy (non-hydrogen) atoms. The Hall–Kier alpha value is -1.88. The number of aromatic nitrogens is 2. The molecule has 5 nitrogen and oxygen atoms in total. The van der Waals surface area contributed by atoms with Gasteiger partial charge in [-0.05, 0) is 43.9 Å². The van der Waals surface area contributed by atoms with E-state index in [4.69, 9.17) is 5.73 Å². The van der Waals surface area contributed by atoms with Crippen molar-refractivity contribution in [2.45, 2.75) is 19.3 Å². The lowest BCUT2D eigenvalue weighted by atomic mass is 9.94. The molecule has 1 aromatic carbocycles. The van der Waals surface area contributed by atoms with Gasteiger partial charge in [0, 0.05) is 24.0 Å². The van der Waals surface area contributed by atoms with E-state index in [0.29, 0.717) is 12.5 Å². The van der Waals surface area contributed by atoms with Gasteiger partial charge in [0.1, 0.15) is 0 Å². The van der Waals surface area contributed by atoms with Crippen molar-refractivity contribution in [2.24, 2.45) is 11.7 Å². The summed E-state index contributed by atoms with van der Waals surface area (Å²) in [6.07, 6.45) is 5.02. The molecule has 1 amide bonds. The summed E-state index contributed by atoms with van der Waals surface area (Å²) < 4.78 is 0. The highest BCUT2D eigenvalue weighted by molar-refractivity contribution is 5.97. The fourth-order valence-corrected chi connectivity index (χ4v) is 2.97. The van der Waals surface area contributed by atoms with Crippen molar-refractivity contribution in [3.63, 3.8) is 0 Å². The van der Waals surface area contributed by atoms with E-state index >= 15 is 0 Å². The monoisotopic (exact) mass is 272 g/mol. The number of benzene rings is 1. The first-order valence-corrected chi connectivity index (χ1v) is 7.20. The fraction of sp³-hybridized carbons (Fsp3) is 0.467. The van der Waals surface area contributed by atoms with Gasteiger partial charge in [0.05, 0.1) is 11.7 Å². The molecule has 2 heterocycles. The molecule has 1 aliphatic heterocycles. The Morgan fingerprint density at radius 3 is 3.25 bits per heavy atom. The van der Waals surface area contributed by atoms with Crippen molar-refractivity contribution < 1.29 is 4.79 Å². The normalized spacial score (nSPS) is 19.4. The summed E-state index contributed by atoms with van der Waals surface area (Å²) >= 11 is 0. The zero-order chi connectivity index (χ0) is 13.9. The Balaban J connectivity index is 1.77. The third-order valence-corrected chi connectivity index (χ3v) is 4.07. The van der Waals surface area contributed by atoms with Crippen LogP contribution in [0, 0.1) is 5.92 Å². The van der Waals surface area contributed by atoms with E-state index in [2.05, 4.69) is 10.2 Å². The summed E-state index contributed by atoms with van der Waals surface area (Å²) in [5.41, 5.74) is 7.27. The largest absolute Gasteiger partial charge is 0.338 e. The Labute approximate surface area is 118 Å². The first kappa shape index (κ1) is 13.1. The first-order chi connectivity index (χ1) is 9.78. The molecule has 2 aromatic rings. The number of amides is 1. The third kappa shape index (κ3) is 2.54. The molecule has 0 bridgehead atoms. The predicted octanol–water partition coefficient (Wildman–Crippen LogP) is 1.76. The van der Waals surface area contributed by atoms with Crippen molar-refractivity contribution in [3.05, 3.63) is 30.0 Å². The minimum atomic E-state index is 0.114. The van der Waals surface area contributed by atoms with E-state index in [0.717, 1.165) is 42.4 Å². The van der Waals surface area contributed by atoms with Crippen molar-refractivity contribution >= 4 is 16.8 Å². The van der Waals surface area contributed by atoms with Gasteiger partial charge >= 0.3 is 0 Å². The number of aromatic amines is 1. The highest BCUT2D eigenvalue weighted by atomic mass is 16.2. The number of H-pyrrole nitrogens is 1. The molecule has 1 aromatic heterocycles. The second-order valence-corrected chi connectivity index (χ2v) is 5.51. The van der Waals surface area contributed by atoms with Gasteiger partial charge < -0.3 is 10.6 Å². The Bertz CT molecular complexity index is 605. The second kappa shape index (κ2) is 5.63. The molecule has 3 N–H and O–H groups in total. The summed E-state index contributed by atoms with van der Waals surface area (Å²) in [5, 5.41) is 7.93. The minimum Gasteiger partial charge on any atom is -0.338 e. The number of hydrogen-bond donors (Lipinski definition) is 2. The molecule has 1 saturated heterocycles. The number of rotatable bonds is 3. The van der Waals surface area contributed by atoms with Crippen LogP contribution < -0.4 is 5.73 Å². The molecule has 1 unspecified atom stereocenters. The Morgan fingerprint density at radius 1 is 1.50 bits per heavy atom. The van der Waals surface area contributed by atoms with Gasteiger partial charge in [-0.15, -0.1) is 0 Å². The van der Waals surface area contributed by atoms with Crippen molar-refractivity contribution in [1.29, 1.82) is 0 Å². The molecule has 5 heteroatoms. The van der Waals surface area contributed by atoms with Crippen LogP contribution in [0.2, 0.25) is 0 Å². The molecule has 1 aliphatic rings. The average molecular weight is 272 g/mol. The number of fused-ring (bicyclic) bond motifs is 1. The lowest BCUT2D eigenvalue weighted by molar-refractivity contribution is 0.0669. The van der Waals surface area contributed by atoms with Crippen LogP contribution in [0.4, 0.5) is 0 Å². The van der Waals surface area contributed by atoms with Crippen molar-refractivity contribution in [3.8, 4) is 0 Å². The van der Waals surface area contributed by atoms with Gasteiger partial charge in [-0.25, -0.2) is 0 Å². The number of carbonyl (C=O) groups is 1. The number of nitrogens with zero attached hydrogens (tertiary/aromatic N) is 2. The van der Waals surface area contributed by atoms with Crippen LogP contribution in [-0.2, 0) is 0 Å². The molecule has 106 valence electrons. The zero-order valence-corrected chi connectivity index (χ0v) is 11.5. The summed E-state index contributed by atoms with van der Waals surface area (Å²) in [5.74, 6) is 0.664. The summed E-state index contributed by atoms with van der Waals surface area (Å²) in [7, 11) is 0. The predicted molar refractivity (Wildman–Crippen MR) is 78.4 cm³/mol. The van der Waals surface area contributed by atoms with Crippen LogP contribution in [0.25, 0.3) is 10.9 Å². The number of nitrogens with one attached hydrogen (secondary N) is 1. The van der Waals surface area contributed by atoms with Crippen molar-refractivity contribution in [1.82, 2.24) is 15.1 Å². The van der Waals surface area contributed by atoms with Gasteiger partial charge in [0.2, 0.25) is 0 Å². The minimum absolute atomic E-state index is 0.114. The maximum atomic E-state index is 12.6. The molecule has 1 fully saturated rings. The summed E-state index contributed by atoms with van der Waals surface area (Å²) in [6, 6.07) is 5.71. The Kier molecular flexibility index (Phi) is 3.69. The highest BCUT2D eigenvalue weighted by Gasteiger charge is 2.24. The molecule has 3 rings (SSSR count). The van der Waals surface area contributed by atoms with Crippen molar-refractivity contribution in [2.75, 3.05) is 19.6 Å². The molecular formula is C15H20N4O. The van der Waals surface area contributed by atoms with Crippen LogP contribution in [0.1, 0.15) is 29.6 Å². The molecule has 0 radical (unpaired) electrons. The van der Waals surface area contributed by atoms with Gasteiger partial charge in [-0.1, -0.05) is 6.07 Å². The standard InChI is InChI=1S/C15H20N4O/c16-6-5-11-2-1-7-19(10-11)15(20)12-3-4-13-9-17-18-14(13)8-12/h3-4,8-9,11H,1-2,5-7,10,16H2,(H,17,18). The van der Waals surface area contributed by atoms with Gasteiger partial charge in [0.25, 0.3) is 5.91 Å². The van der Waals surface area contributed by atoms with E-state index < -0.39 is 0 Å². The molecule has 0 aliphatic carbocycles. The number of piperidine rings is 1. The summed E-state index contributed by atoms with van der Waals surface area (Å²) in [4.78, 5) is 14.5. The number of nitrogens with two attached hydrogens (primary N) is 1. The molecule has 1 atom stereocenters. The third-order valence-electron chi connectivity index (χ3n) is 4.07. The summed E-state index contributed by atoms with van der Waals surface area (Å²) in [6.45, 7) is 2.38. The average Bonchev–Trinajstić information content (AvgIpc) is 2.94. The Morgan fingerprint density at radius 2 is 2.40 bits per heavy atom. The van der Waals surface area contributed by atoms with E-state index in [9.17, 15) is 4.79 Å². The van der Waals surface area contributed by atoms with Crippen LogP contribution in [0.5, 0.6) is 0 Å². The van der Waals surface area contributed by atoms with E-state index in [1.807, 2.05) is 23.1 Å². The lowest BCUT2D eigenvalue weighted by Crippen LogP contribution is -2.40. The van der Waals surface area contributed by atoms with Crippen LogP contribution in [0.15, 0.2) is 24.4 Å². The number of likely N-dealkylation sites (tertiary alicyclic amines) is 1. The van der Waals surface area contributed by atoms with Gasteiger partial charge in [0.15, 0.2) is 0 Å². The number of hydrogen-bond acceptors (Lipinski definition) is 3. The second-order valence-electron chi connectivity index (χ2n) is 5.51. The number of carbonyl (C=O) groups excluding carboxylic acids is 1. The smallest absolute Gasteiger partial charge is 0.253 e. The van der Waals surface area contributed by atoms with E-state index in [-0.39, 0.29) is 5.91 Å². The maximum Gasteiger partial charge on any atom is 0.253 e. The quantitative estimate of drug-likeness (QED) is 0.894. The fourth-order valence-electron chi connectivity index (χ4n) is 2.97. The topological polar surface area (TPSA) is 75.0 Å². The molecular weight excluding hydrogens is 252 g/mol. The zero-order valence-electron chi connectivity index (χ0n) is 11.5. The van der Waals surface area contributed by atoms with Gasteiger partial charge in [-0.3, -0.25) is 9.89 Å². The maximum absolute atomic E-state index is 12.6.